The van der Waals surface area contributed by atoms with Crippen LogP contribution in [-0.4, -0.2) is 79.3 Å². The lowest BCUT2D eigenvalue weighted by Gasteiger charge is -2.29. The second kappa shape index (κ2) is 11.9. The van der Waals surface area contributed by atoms with Crippen LogP contribution in [0.1, 0.15) is 59.8 Å². The van der Waals surface area contributed by atoms with Crippen LogP contribution in [0.2, 0.25) is 5.02 Å². The topological polar surface area (TPSA) is 162 Å². The van der Waals surface area contributed by atoms with Gasteiger partial charge in [-0.15, -0.1) is 0 Å². The molecule has 1 saturated heterocycles. The standard InChI is InChI=1S/C29H37ClN4O9S/c1-6-16-14-29(16,26(36)33-44(38,39)43-17-7-8-17)32-24(35)21-13-18(15-34(21)27(37)42-28(2,3)4)41-25-20-9-10-22(40-5)23(30)19(20)11-12-31-25/h9-12,16-18,21H,6-8,13-15H2,1-5H3,(H,32,35)(H,33,36). The first-order valence-corrected chi connectivity index (χ1v) is 16.3. The monoisotopic (exact) mass is 652 g/mol. The van der Waals surface area contributed by atoms with Crippen molar-refractivity contribution < 1.29 is 41.2 Å². The molecule has 0 radical (unpaired) electrons. The van der Waals surface area contributed by atoms with Gasteiger partial charge in [0.05, 0.1) is 24.8 Å². The Hall–Kier alpha value is -3.36. The lowest BCUT2D eigenvalue weighted by Crippen LogP contribution is -2.56. The molecule has 3 aliphatic rings. The molecule has 1 aromatic heterocycles. The lowest BCUT2D eigenvalue weighted by atomic mass is 10.1. The van der Waals surface area contributed by atoms with Crippen molar-refractivity contribution in [2.24, 2.45) is 5.92 Å². The first kappa shape index (κ1) is 32.0. The Labute approximate surface area is 261 Å². The number of hydrogen-bond acceptors (Lipinski definition) is 10. The fourth-order valence-corrected chi connectivity index (χ4v) is 6.73. The van der Waals surface area contributed by atoms with Crippen LogP contribution in [0.4, 0.5) is 4.79 Å². The number of fused-ring (bicyclic) bond motifs is 1. The minimum absolute atomic E-state index is 0.00500. The summed E-state index contributed by atoms with van der Waals surface area (Å²) < 4.78 is 48.8. The molecule has 0 bridgehead atoms. The average molecular weight is 653 g/mol. The Balaban J connectivity index is 1.37. The summed E-state index contributed by atoms with van der Waals surface area (Å²) in [7, 11) is -2.83. The van der Waals surface area contributed by atoms with Gasteiger partial charge < -0.3 is 19.5 Å². The molecule has 5 rings (SSSR count). The van der Waals surface area contributed by atoms with Gasteiger partial charge in [0, 0.05) is 23.4 Å². The smallest absolute Gasteiger partial charge is 0.411 e. The number of rotatable bonds is 10. The summed E-state index contributed by atoms with van der Waals surface area (Å²) in [4.78, 5) is 45.9. The molecular formula is C29H37ClN4O9S. The van der Waals surface area contributed by atoms with E-state index in [-0.39, 0.29) is 31.2 Å². The highest BCUT2D eigenvalue weighted by Crippen LogP contribution is 2.47. The number of halogens is 1. The highest BCUT2D eigenvalue weighted by Gasteiger charge is 2.62. The molecule has 2 heterocycles. The normalized spacial score (nSPS) is 25.0. The zero-order chi connectivity index (χ0) is 32.0. The van der Waals surface area contributed by atoms with E-state index in [2.05, 4.69) is 10.3 Å². The first-order chi connectivity index (χ1) is 20.7. The van der Waals surface area contributed by atoms with Crippen molar-refractivity contribution in [1.29, 1.82) is 0 Å². The van der Waals surface area contributed by atoms with Crippen LogP contribution in [0.3, 0.4) is 0 Å². The third-order valence-corrected chi connectivity index (χ3v) is 9.20. The number of methoxy groups -OCH3 is 1. The molecule has 0 spiro atoms. The highest BCUT2D eigenvalue weighted by atomic mass is 35.5. The SMILES string of the molecule is CCC1CC1(NC(=O)C1CC(Oc2nccc3c(Cl)c(OC)ccc23)CN1C(=O)OC(C)(C)C)C(=O)NS(=O)(=O)OC1CC1. The lowest BCUT2D eigenvalue weighted by molar-refractivity contribution is -0.132. The number of nitrogens with one attached hydrogen (secondary N) is 2. The zero-order valence-corrected chi connectivity index (χ0v) is 26.8. The molecule has 1 aromatic carbocycles. The molecule has 44 heavy (non-hydrogen) atoms. The van der Waals surface area contributed by atoms with Gasteiger partial charge in [0.1, 0.15) is 29.0 Å². The van der Waals surface area contributed by atoms with Crippen LogP contribution in [0.25, 0.3) is 10.8 Å². The van der Waals surface area contributed by atoms with Gasteiger partial charge >= 0.3 is 16.4 Å². The second-order valence-corrected chi connectivity index (χ2v) is 14.1. The molecule has 2 aliphatic carbocycles. The summed E-state index contributed by atoms with van der Waals surface area (Å²) in [6, 6.07) is 4.10. The van der Waals surface area contributed by atoms with Crippen LogP contribution in [-0.2, 0) is 28.8 Å². The number of aromatic nitrogens is 1. The van der Waals surface area contributed by atoms with Gasteiger partial charge in [-0.05, 0) is 64.2 Å². The van der Waals surface area contributed by atoms with Gasteiger partial charge in [0.15, 0.2) is 0 Å². The number of likely N-dealkylation sites (tertiary alicyclic amines) is 1. The molecule has 1 aliphatic heterocycles. The van der Waals surface area contributed by atoms with Gasteiger partial charge in [0.25, 0.3) is 5.91 Å². The number of benzene rings is 1. The van der Waals surface area contributed by atoms with Crippen molar-refractivity contribution >= 4 is 50.6 Å². The van der Waals surface area contributed by atoms with Gasteiger partial charge in [0.2, 0.25) is 11.8 Å². The molecule has 3 fully saturated rings. The van der Waals surface area contributed by atoms with Crippen molar-refractivity contribution in [2.45, 2.75) is 89.2 Å². The van der Waals surface area contributed by atoms with E-state index in [9.17, 15) is 22.8 Å². The predicted octanol–water partition coefficient (Wildman–Crippen LogP) is 3.48. The number of ether oxygens (including phenoxy) is 3. The molecular weight excluding hydrogens is 616 g/mol. The minimum Gasteiger partial charge on any atom is -0.495 e. The Bertz CT molecular complexity index is 1580. The molecule has 3 amide bonds. The van der Waals surface area contributed by atoms with Crippen LogP contribution in [0.15, 0.2) is 24.4 Å². The van der Waals surface area contributed by atoms with Gasteiger partial charge in [-0.2, -0.15) is 8.42 Å². The number of hydrogen-bond donors (Lipinski definition) is 2. The Morgan fingerprint density at radius 3 is 2.48 bits per heavy atom. The van der Waals surface area contributed by atoms with Crippen molar-refractivity contribution in [3.8, 4) is 11.6 Å². The summed E-state index contributed by atoms with van der Waals surface area (Å²) in [6.07, 6.45) is 1.69. The number of nitrogens with zero attached hydrogens (tertiary/aromatic N) is 2. The molecule has 2 aromatic rings. The summed E-state index contributed by atoms with van der Waals surface area (Å²) in [6.45, 7) is 6.96. The van der Waals surface area contributed by atoms with E-state index in [4.69, 9.17) is 30.0 Å². The van der Waals surface area contributed by atoms with Crippen LogP contribution in [0, 0.1) is 5.92 Å². The number of carbonyl (C=O) groups excluding carboxylic acids is 3. The maximum Gasteiger partial charge on any atom is 0.411 e. The Morgan fingerprint density at radius 1 is 1.14 bits per heavy atom. The van der Waals surface area contributed by atoms with E-state index >= 15 is 0 Å². The molecule has 240 valence electrons. The molecule has 13 nitrogen and oxygen atoms in total. The minimum atomic E-state index is -4.34. The molecule has 2 saturated carbocycles. The summed E-state index contributed by atoms with van der Waals surface area (Å²) in [5, 5.41) is 4.42. The summed E-state index contributed by atoms with van der Waals surface area (Å²) >= 11 is 6.50. The van der Waals surface area contributed by atoms with Gasteiger partial charge in [-0.25, -0.2) is 14.5 Å². The van der Waals surface area contributed by atoms with E-state index < -0.39 is 57.6 Å². The summed E-state index contributed by atoms with van der Waals surface area (Å²) in [5.74, 6) is -1.06. The Kier molecular flexibility index (Phi) is 8.64. The second-order valence-electron chi connectivity index (χ2n) is 12.4. The maximum atomic E-state index is 13.8. The van der Waals surface area contributed by atoms with Crippen LogP contribution >= 0.6 is 11.6 Å². The highest BCUT2D eigenvalue weighted by molar-refractivity contribution is 7.85. The van der Waals surface area contributed by atoms with Crippen LogP contribution < -0.4 is 19.5 Å². The third kappa shape index (κ3) is 6.81. The molecule has 15 heteroatoms. The van der Waals surface area contributed by atoms with Crippen molar-refractivity contribution in [3.05, 3.63) is 29.4 Å². The Morgan fingerprint density at radius 2 is 1.86 bits per heavy atom. The van der Waals surface area contributed by atoms with E-state index in [0.717, 1.165) is 0 Å². The fraction of sp³-hybridized carbons (Fsp3) is 0.586. The zero-order valence-electron chi connectivity index (χ0n) is 25.2. The average Bonchev–Trinajstić information content (AvgIpc) is 3.84. The van der Waals surface area contributed by atoms with E-state index in [1.165, 1.54) is 18.2 Å². The maximum absolute atomic E-state index is 13.8. The quantitative estimate of drug-likeness (QED) is 0.389. The van der Waals surface area contributed by atoms with E-state index in [0.29, 0.717) is 40.8 Å². The largest absolute Gasteiger partial charge is 0.495 e. The van der Waals surface area contributed by atoms with Crippen molar-refractivity contribution in [3.63, 3.8) is 0 Å². The van der Waals surface area contributed by atoms with Gasteiger partial charge in [-0.3, -0.25) is 18.7 Å². The third-order valence-electron chi connectivity index (χ3n) is 7.85. The number of pyridine rings is 1. The molecule has 4 unspecified atom stereocenters. The molecule has 4 atom stereocenters. The van der Waals surface area contributed by atoms with E-state index in [1.54, 1.807) is 39.0 Å². The first-order valence-electron chi connectivity index (χ1n) is 14.5. The number of amides is 3. The number of carbonyl (C=O) groups is 3. The van der Waals surface area contributed by atoms with Crippen molar-refractivity contribution in [2.75, 3.05) is 13.7 Å². The molecule has 2 N–H and O–H groups in total. The van der Waals surface area contributed by atoms with Crippen molar-refractivity contribution in [1.82, 2.24) is 19.9 Å². The fourth-order valence-electron chi connectivity index (χ4n) is 5.42. The van der Waals surface area contributed by atoms with Gasteiger partial charge in [-0.1, -0.05) is 24.9 Å². The van der Waals surface area contributed by atoms with E-state index in [1.807, 2.05) is 11.6 Å². The van der Waals surface area contributed by atoms with Crippen LogP contribution in [0.5, 0.6) is 11.6 Å². The summed E-state index contributed by atoms with van der Waals surface area (Å²) in [5.41, 5.74) is -2.30. The predicted molar refractivity (Wildman–Crippen MR) is 160 cm³/mol.